The lowest BCUT2D eigenvalue weighted by molar-refractivity contribution is -0.145. The van der Waals surface area contributed by atoms with Crippen LogP contribution in [0.5, 0.6) is 0 Å². The van der Waals surface area contributed by atoms with E-state index < -0.39 is 29.5 Å². The maximum atomic E-state index is 11.8. The summed E-state index contributed by atoms with van der Waals surface area (Å²) >= 11 is 0. The number of hydrogen-bond donors (Lipinski definition) is 3. The van der Waals surface area contributed by atoms with Crippen LogP contribution in [0.25, 0.3) is 0 Å². The number of aliphatic carboxylic acids is 2. The predicted octanol–water partition coefficient (Wildman–Crippen LogP) is 0.380. The smallest absolute Gasteiger partial charge is 0.326 e. The van der Waals surface area contributed by atoms with Crippen LogP contribution in [0, 0.1) is 0 Å². The second kappa shape index (κ2) is 6.51. The van der Waals surface area contributed by atoms with Gasteiger partial charge in [-0.05, 0) is 25.7 Å². The molecule has 0 spiro atoms. The molecule has 0 aromatic rings. The maximum absolute atomic E-state index is 11.8. The second-order valence-electron chi connectivity index (χ2n) is 4.81. The molecule has 7 nitrogen and oxygen atoms in total. The average molecular weight is 273 g/mol. The highest BCUT2D eigenvalue weighted by Crippen LogP contribution is 2.37. The van der Waals surface area contributed by atoms with Crippen LogP contribution in [-0.2, 0) is 19.1 Å². The van der Waals surface area contributed by atoms with Crippen LogP contribution in [0.1, 0.15) is 38.5 Å². The maximum Gasteiger partial charge on any atom is 0.326 e. The fraction of sp³-hybridized carbons (Fsp3) is 0.750. The number of carbonyl (C=O) groups is 3. The minimum Gasteiger partial charge on any atom is -0.481 e. The van der Waals surface area contributed by atoms with Crippen molar-refractivity contribution in [2.75, 3.05) is 7.11 Å². The molecular formula is C12H19NO6. The van der Waals surface area contributed by atoms with E-state index >= 15 is 0 Å². The van der Waals surface area contributed by atoms with E-state index in [4.69, 9.17) is 14.9 Å². The summed E-state index contributed by atoms with van der Waals surface area (Å²) in [6.45, 7) is 0. The van der Waals surface area contributed by atoms with Crippen molar-refractivity contribution >= 4 is 17.8 Å². The Labute approximate surface area is 110 Å². The van der Waals surface area contributed by atoms with Crippen LogP contribution >= 0.6 is 0 Å². The Morgan fingerprint density at radius 2 is 1.95 bits per heavy atom. The quantitative estimate of drug-likeness (QED) is 0.589. The molecular weight excluding hydrogens is 254 g/mol. The monoisotopic (exact) mass is 273 g/mol. The molecule has 0 aliphatic heterocycles. The van der Waals surface area contributed by atoms with E-state index in [0.29, 0.717) is 0 Å². The van der Waals surface area contributed by atoms with Gasteiger partial charge in [0.1, 0.15) is 6.04 Å². The van der Waals surface area contributed by atoms with E-state index in [9.17, 15) is 14.4 Å². The van der Waals surface area contributed by atoms with E-state index in [0.717, 1.165) is 19.3 Å². The first-order valence-electron chi connectivity index (χ1n) is 6.18. The first-order chi connectivity index (χ1) is 8.88. The SMILES string of the molecule is COC1(CC(=O)N[C@@H](CCC(=O)O)C(=O)O)CCC1. The molecule has 108 valence electrons. The molecule has 19 heavy (non-hydrogen) atoms. The minimum atomic E-state index is -1.23. The molecule has 0 bridgehead atoms. The summed E-state index contributed by atoms with van der Waals surface area (Å²) in [5.74, 6) is -2.73. The molecule has 1 saturated carbocycles. The summed E-state index contributed by atoms with van der Waals surface area (Å²) < 4.78 is 5.28. The second-order valence-corrected chi connectivity index (χ2v) is 4.81. The zero-order valence-electron chi connectivity index (χ0n) is 10.8. The van der Waals surface area contributed by atoms with Crippen LogP contribution in [0.3, 0.4) is 0 Å². The summed E-state index contributed by atoms with van der Waals surface area (Å²) in [6, 6.07) is -1.17. The van der Waals surface area contributed by atoms with Crippen molar-refractivity contribution in [1.82, 2.24) is 5.32 Å². The fourth-order valence-electron chi connectivity index (χ4n) is 2.09. The molecule has 0 heterocycles. The summed E-state index contributed by atoms with van der Waals surface area (Å²) in [7, 11) is 1.53. The third kappa shape index (κ3) is 4.51. The minimum absolute atomic E-state index is 0.111. The van der Waals surface area contributed by atoms with E-state index in [1.807, 2.05) is 0 Å². The Kier molecular flexibility index (Phi) is 5.29. The molecule has 7 heteroatoms. The highest BCUT2D eigenvalue weighted by molar-refractivity contribution is 5.84. The summed E-state index contributed by atoms with van der Waals surface area (Å²) in [5.41, 5.74) is -0.472. The third-order valence-corrected chi connectivity index (χ3v) is 3.46. The van der Waals surface area contributed by atoms with Crippen LogP contribution in [0.4, 0.5) is 0 Å². The van der Waals surface area contributed by atoms with Crippen LogP contribution in [-0.4, -0.2) is 46.8 Å². The van der Waals surface area contributed by atoms with Gasteiger partial charge in [0.2, 0.25) is 5.91 Å². The molecule has 1 amide bonds. The normalized spacial score (nSPS) is 18.2. The zero-order chi connectivity index (χ0) is 14.5. The number of nitrogens with one attached hydrogen (secondary N) is 1. The van der Waals surface area contributed by atoms with Crippen molar-refractivity contribution in [3.63, 3.8) is 0 Å². The number of carbonyl (C=O) groups excluding carboxylic acids is 1. The van der Waals surface area contributed by atoms with E-state index in [-0.39, 0.29) is 19.3 Å². The van der Waals surface area contributed by atoms with Crippen molar-refractivity contribution in [3.8, 4) is 0 Å². The summed E-state index contributed by atoms with van der Waals surface area (Å²) in [4.78, 5) is 33.1. The molecule has 0 unspecified atom stereocenters. The average Bonchev–Trinajstić information content (AvgIpc) is 2.28. The molecule has 0 aromatic heterocycles. The number of methoxy groups -OCH3 is 1. The summed E-state index contributed by atoms with van der Waals surface area (Å²) in [6.07, 6.45) is 2.24. The van der Waals surface area contributed by atoms with Gasteiger partial charge >= 0.3 is 11.9 Å². The Bertz CT molecular complexity index is 358. The highest BCUT2D eigenvalue weighted by Gasteiger charge is 2.39. The van der Waals surface area contributed by atoms with Gasteiger partial charge in [0, 0.05) is 13.5 Å². The van der Waals surface area contributed by atoms with E-state index in [1.165, 1.54) is 7.11 Å². The third-order valence-electron chi connectivity index (χ3n) is 3.46. The first-order valence-corrected chi connectivity index (χ1v) is 6.18. The van der Waals surface area contributed by atoms with Crippen molar-refractivity contribution < 1.29 is 29.3 Å². The van der Waals surface area contributed by atoms with Gasteiger partial charge < -0.3 is 20.3 Å². The molecule has 0 aromatic carbocycles. The van der Waals surface area contributed by atoms with E-state index in [2.05, 4.69) is 5.32 Å². The summed E-state index contributed by atoms with van der Waals surface area (Å²) in [5, 5.41) is 19.8. The van der Waals surface area contributed by atoms with E-state index in [1.54, 1.807) is 0 Å². The van der Waals surface area contributed by atoms with Gasteiger partial charge in [0.15, 0.2) is 0 Å². The molecule has 1 aliphatic rings. The zero-order valence-corrected chi connectivity index (χ0v) is 10.8. The molecule has 0 radical (unpaired) electrons. The first kappa shape index (κ1) is 15.4. The largest absolute Gasteiger partial charge is 0.481 e. The Balaban J connectivity index is 2.47. The highest BCUT2D eigenvalue weighted by atomic mass is 16.5. The van der Waals surface area contributed by atoms with Gasteiger partial charge in [-0.2, -0.15) is 0 Å². The van der Waals surface area contributed by atoms with Gasteiger partial charge in [0.05, 0.1) is 12.0 Å². The molecule has 3 N–H and O–H groups in total. The number of ether oxygens (including phenoxy) is 1. The lowest BCUT2D eigenvalue weighted by atomic mass is 9.77. The number of rotatable bonds is 8. The number of hydrogen-bond acceptors (Lipinski definition) is 4. The molecule has 1 aliphatic carbocycles. The topological polar surface area (TPSA) is 113 Å². The van der Waals surface area contributed by atoms with Crippen molar-refractivity contribution in [2.45, 2.75) is 50.2 Å². The fourth-order valence-corrected chi connectivity index (χ4v) is 2.09. The predicted molar refractivity (Wildman–Crippen MR) is 64.6 cm³/mol. The van der Waals surface area contributed by atoms with Crippen molar-refractivity contribution in [1.29, 1.82) is 0 Å². The van der Waals surface area contributed by atoms with Crippen LogP contribution in [0.15, 0.2) is 0 Å². The Morgan fingerprint density at radius 3 is 2.32 bits per heavy atom. The van der Waals surface area contributed by atoms with Gasteiger partial charge in [-0.25, -0.2) is 4.79 Å². The number of amides is 1. The van der Waals surface area contributed by atoms with Gasteiger partial charge in [-0.1, -0.05) is 0 Å². The molecule has 1 rings (SSSR count). The van der Waals surface area contributed by atoms with Gasteiger partial charge in [0.25, 0.3) is 0 Å². The van der Waals surface area contributed by atoms with Crippen molar-refractivity contribution in [2.24, 2.45) is 0 Å². The lowest BCUT2D eigenvalue weighted by Crippen LogP contribution is -2.47. The standard InChI is InChI=1S/C12H19NO6/c1-19-12(5-2-6-12)7-9(14)13-8(11(17)18)3-4-10(15)16/h8H,2-7H2,1H3,(H,13,14)(H,15,16)(H,17,18)/t8-/m0/s1. The van der Waals surface area contributed by atoms with Gasteiger partial charge in [-0.3, -0.25) is 9.59 Å². The molecule has 1 fully saturated rings. The molecule has 0 saturated heterocycles. The Morgan fingerprint density at radius 1 is 1.32 bits per heavy atom. The molecule has 1 atom stereocenters. The van der Waals surface area contributed by atoms with Crippen LogP contribution < -0.4 is 5.32 Å². The number of carboxylic acids is 2. The van der Waals surface area contributed by atoms with Crippen LogP contribution in [0.2, 0.25) is 0 Å². The van der Waals surface area contributed by atoms with Gasteiger partial charge in [-0.15, -0.1) is 0 Å². The lowest BCUT2D eigenvalue weighted by Gasteiger charge is -2.40. The number of carboxylic acid groups (broad SMARTS) is 2. The van der Waals surface area contributed by atoms with Crippen molar-refractivity contribution in [3.05, 3.63) is 0 Å². The Hall–Kier alpha value is -1.63.